The summed E-state index contributed by atoms with van der Waals surface area (Å²) in [4.78, 5) is 33.7. The zero-order valence-corrected chi connectivity index (χ0v) is 20.6. The van der Waals surface area contributed by atoms with Crippen LogP contribution in [-0.2, 0) is 13.0 Å². The first-order valence-electron chi connectivity index (χ1n) is 11.2. The number of hydrogen-bond donors (Lipinski definition) is 3. The normalized spacial score (nSPS) is 18.7. The van der Waals surface area contributed by atoms with Crippen molar-refractivity contribution in [3.8, 4) is 0 Å². The average Bonchev–Trinajstić information content (AvgIpc) is 3.19. The fourth-order valence-corrected chi connectivity index (χ4v) is 5.00. The molecule has 33 heavy (non-hydrogen) atoms. The molecule has 2 bridgehead atoms. The first-order chi connectivity index (χ1) is 15.0. The lowest BCUT2D eigenvalue weighted by atomic mass is 9.84. The molecule has 1 fully saturated rings. The van der Waals surface area contributed by atoms with E-state index in [0.717, 1.165) is 54.9 Å². The highest BCUT2D eigenvalue weighted by Crippen LogP contribution is 2.31. The number of rotatable bonds is 5. The van der Waals surface area contributed by atoms with Crippen molar-refractivity contribution in [3.63, 3.8) is 0 Å². The van der Waals surface area contributed by atoms with E-state index in [9.17, 15) is 9.59 Å². The van der Waals surface area contributed by atoms with Crippen LogP contribution in [0.4, 0.5) is 0 Å². The van der Waals surface area contributed by atoms with Gasteiger partial charge in [-0.2, -0.15) is 0 Å². The SMILES string of the molecule is Cc1ccc2[nH]c(CCCNC(=O)c3ccc4n(c3=O)C[C@@H]3CNC[C@H]4C3)nc2c1C.Cl.Cl. The highest BCUT2D eigenvalue weighted by atomic mass is 35.5. The number of fused-ring (bicyclic) bond motifs is 5. The van der Waals surface area contributed by atoms with Gasteiger partial charge in [0.05, 0.1) is 11.0 Å². The van der Waals surface area contributed by atoms with Crippen molar-refractivity contribution in [2.45, 2.75) is 45.6 Å². The summed E-state index contributed by atoms with van der Waals surface area (Å²) in [6, 6.07) is 7.82. The lowest BCUT2D eigenvalue weighted by Gasteiger charge is -2.37. The second-order valence-corrected chi connectivity index (χ2v) is 8.99. The number of carbonyl (C=O) groups is 1. The molecule has 9 heteroatoms. The van der Waals surface area contributed by atoms with E-state index < -0.39 is 0 Å². The van der Waals surface area contributed by atoms with Gasteiger partial charge in [-0.15, -0.1) is 24.8 Å². The largest absolute Gasteiger partial charge is 0.352 e. The average molecular weight is 492 g/mol. The fraction of sp³-hybridized carbons (Fsp3) is 0.458. The molecule has 1 aromatic carbocycles. The van der Waals surface area contributed by atoms with Crippen molar-refractivity contribution in [1.29, 1.82) is 0 Å². The summed E-state index contributed by atoms with van der Waals surface area (Å²) in [7, 11) is 0. The molecule has 0 unspecified atom stereocenters. The van der Waals surface area contributed by atoms with Gasteiger partial charge in [0.2, 0.25) is 0 Å². The molecule has 0 spiro atoms. The molecule has 2 atom stereocenters. The third-order valence-corrected chi connectivity index (χ3v) is 6.86. The van der Waals surface area contributed by atoms with Gasteiger partial charge in [0.15, 0.2) is 0 Å². The first-order valence-corrected chi connectivity index (χ1v) is 11.2. The number of aromatic nitrogens is 3. The van der Waals surface area contributed by atoms with Crippen molar-refractivity contribution >= 4 is 41.8 Å². The number of halogens is 2. The first kappa shape index (κ1) is 25.3. The molecule has 1 amide bonds. The van der Waals surface area contributed by atoms with E-state index in [1.54, 1.807) is 6.07 Å². The van der Waals surface area contributed by atoms with Gasteiger partial charge in [0, 0.05) is 37.7 Å². The predicted molar refractivity (Wildman–Crippen MR) is 135 cm³/mol. The molecule has 0 aliphatic carbocycles. The third kappa shape index (κ3) is 4.81. The second kappa shape index (κ2) is 10.3. The summed E-state index contributed by atoms with van der Waals surface area (Å²) in [6.45, 7) is 7.23. The Balaban J connectivity index is 0.00000153. The molecule has 1 saturated heterocycles. The maximum absolute atomic E-state index is 13.0. The van der Waals surface area contributed by atoms with Crippen LogP contribution in [0.1, 0.15) is 51.8 Å². The highest BCUT2D eigenvalue weighted by Gasteiger charge is 2.31. The van der Waals surface area contributed by atoms with Gasteiger partial charge in [-0.1, -0.05) is 6.07 Å². The summed E-state index contributed by atoms with van der Waals surface area (Å²) < 4.78 is 1.83. The van der Waals surface area contributed by atoms with Crippen molar-refractivity contribution < 1.29 is 4.79 Å². The highest BCUT2D eigenvalue weighted by molar-refractivity contribution is 5.93. The van der Waals surface area contributed by atoms with Crippen LogP contribution < -0.4 is 16.2 Å². The van der Waals surface area contributed by atoms with Crippen molar-refractivity contribution in [1.82, 2.24) is 25.2 Å². The second-order valence-electron chi connectivity index (χ2n) is 8.99. The van der Waals surface area contributed by atoms with Gasteiger partial charge in [-0.25, -0.2) is 4.98 Å². The Bertz CT molecular complexity index is 1220. The minimum absolute atomic E-state index is 0. The lowest BCUT2D eigenvalue weighted by molar-refractivity contribution is 0.0950. The molecule has 0 saturated carbocycles. The monoisotopic (exact) mass is 491 g/mol. The van der Waals surface area contributed by atoms with Crippen molar-refractivity contribution in [2.24, 2.45) is 5.92 Å². The van der Waals surface area contributed by atoms with E-state index in [1.165, 1.54) is 11.1 Å². The number of nitrogens with one attached hydrogen (secondary N) is 3. The van der Waals surface area contributed by atoms with Crippen LogP contribution >= 0.6 is 24.8 Å². The number of piperidine rings is 1. The van der Waals surface area contributed by atoms with E-state index in [4.69, 9.17) is 4.98 Å². The Hall–Kier alpha value is -2.35. The molecular weight excluding hydrogens is 461 g/mol. The summed E-state index contributed by atoms with van der Waals surface area (Å²) in [5, 5.41) is 6.36. The van der Waals surface area contributed by atoms with E-state index in [0.29, 0.717) is 24.9 Å². The number of aromatic amines is 1. The van der Waals surface area contributed by atoms with E-state index in [1.807, 2.05) is 10.6 Å². The van der Waals surface area contributed by atoms with Crippen LogP contribution in [-0.4, -0.2) is 40.1 Å². The fourth-order valence-electron chi connectivity index (χ4n) is 5.00. The standard InChI is InChI=1S/C24H29N5O2.2ClH/c1-14-5-7-19-22(15(14)2)28-21(27-19)4-3-9-26-23(30)18-6-8-20-17-10-16(11-25-12-17)13-29(20)24(18)31;;/h5-8,16-17,25H,3-4,9-13H2,1-2H3,(H,26,30)(H,27,28);2*1H/t16-,17+;;/m0../s1. The number of nitrogens with zero attached hydrogens (tertiary/aromatic N) is 2. The van der Waals surface area contributed by atoms with Crippen molar-refractivity contribution in [3.05, 3.63) is 62.8 Å². The molecule has 4 heterocycles. The number of benzene rings is 1. The summed E-state index contributed by atoms with van der Waals surface area (Å²) >= 11 is 0. The van der Waals surface area contributed by atoms with Gasteiger partial charge < -0.3 is 20.2 Å². The molecule has 3 N–H and O–H groups in total. The molecule has 7 nitrogen and oxygen atoms in total. The Kier molecular flexibility index (Phi) is 7.88. The zero-order valence-electron chi connectivity index (χ0n) is 18.9. The van der Waals surface area contributed by atoms with Crippen LogP contribution in [0, 0.1) is 19.8 Å². The molecule has 2 aromatic heterocycles. The number of amides is 1. The number of carbonyl (C=O) groups excluding carboxylic acids is 1. The van der Waals surface area contributed by atoms with Gasteiger partial charge in [-0.3, -0.25) is 9.59 Å². The Morgan fingerprint density at radius 1 is 1.18 bits per heavy atom. The van der Waals surface area contributed by atoms with Crippen LogP contribution in [0.25, 0.3) is 11.0 Å². The topological polar surface area (TPSA) is 91.8 Å². The minimum atomic E-state index is -0.287. The molecule has 3 aromatic rings. The molecule has 2 aliphatic heterocycles. The number of hydrogen-bond acceptors (Lipinski definition) is 4. The smallest absolute Gasteiger partial charge is 0.263 e. The summed E-state index contributed by atoms with van der Waals surface area (Å²) in [5.41, 5.74) is 5.63. The Labute approximate surface area is 205 Å². The van der Waals surface area contributed by atoms with E-state index in [2.05, 4.69) is 41.6 Å². The Morgan fingerprint density at radius 3 is 2.82 bits per heavy atom. The Morgan fingerprint density at radius 2 is 2.00 bits per heavy atom. The molecule has 0 radical (unpaired) electrons. The van der Waals surface area contributed by atoms with Crippen LogP contribution in [0.15, 0.2) is 29.1 Å². The zero-order chi connectivity index (χ0) is 21.5. The van der Waals surface area contributed by atoms with Gasteiger partial charge in [0.1, 0.15) is 11.4 Å². The maximum Gasteiger partial charge on any atom is 0.263 e. The number of imidazole rings is 1. The number of aryl methyl sites for hydroxylation is 3. The number of pyridine rings is 1. The van der Waals surface area contributed by atoms with Crippen LogP contribution in [0.5, 0.6) is 0 Å². The lowest BCUT2D eigenvalue weighted by Crippen LogP contribution is -2.46. The van der Waals surface area contributed by atoms with E-state index >= 15 is 0 Å². The van der Waals surface area contributed by atoms with Gasteiger partial charge >= 0.3 is 0 Å². The van der Waals surface area contributed by atoms with Gasteiger partial charge in [0.25, 0.3) is 11.5 Å². The third-order valence-electron chi connectivity index (χ3n) is 6.86. The van der Waals surface area contributed by atoms with E-state index in [-0.39, 0.29) is 41.8 Å². The van der Waals surface area contributed by atoms with Crippen molar-refractivity contribution in [2.75, 3.05) is 19.6 Å². The molecule has 2 aliphatic rings. The molecule has 5 rings (SSSR count). The minimum Gasteiger partial charge on any atom is -0.352 e. The summed E-state index contributed by atoms with van der Waals surface area (Å²) in [6.07, 6.45) is 2.62. The van der Waals surface area contributed by atoms with Crippen LogP contribution in [0.3, 0.4) is 0 Å². The quantitative estimate of drug-likeness (QED) is 0.477. The van der Waals surface area contributed by atoms with Gasteiger partial charge in [-0.05, 0) is 68.5 Å². The summed E-state index contributed by atoms with van der Waals surface area (Å²) in [5.74, 6) is 1.48. The number of H-pyrrole nitrogens is 1. The van der Waals surface area contributed by atoms with Crippen LogP contribution in [0.2, 0.25) is 0 Å². The predicted octanol–water partition coefficient (Wildman–Crippen LogP) is 3.25. The molecule has 178 valence electrons. The molecular formula is C24H31Cl2N5O2. The maximum atomic E-state index is 13.0.